The van der Waals surface area contributed by atoms with Crippen LogP contribution in [0.1, 0.15) is 28.9 Å². The molecule has 2 amide bonds. The lowest BCUT2D eigenvalue weighted by Gasteiger charge is -2.35. The van der Waals surface area contributed by atoms with Gasteiger partial charge in [0.1, 0.15) is 12.3 Å². The fraction of sp³-hybridized carbons (Fsp3) is 0.381. The van der Waals surface area contributed by atoms with E-state index in [4.69, 9.17) is 4.74 Å². The van der Waals surface area contributed by atoms with Crippen molar-refractivity contribution in [3.05, 3.63) is 66.0 Å². The summed E-state index contributed by atoms with van der Waals surface area (Å²) in [6, 6.07) is 15.0. The highest BCUT2D eigenvalue weighted by Crippen LogP contribution is 2.29. The molecule has 3 fully saturated rings. The smallest absolute Gasteiger partial charge is 0.410 e. The van der Waals surface area contributed by atoms with Crippen molar-refractivity contribution in [2.75, 3.05) is 19.6 Å². The van der Waals surface area contributed by atoms with Gasteiger partial charge in [0.25, 0.3) is 5.91 Å². The summed E-state index contributed by atoms with van der Waals surface area (Å²) in [5, 5.41) is 0. The molecule has 4 heterocycles. The Labute approximate surface area is 158 Å². The van der Waals surface area contributed by atoms with Gasteiger partial charge in [-0.1, -0.05) is 36.4 Å². The van der Waals surface area contributed by atoms with Crippen LogP contribution in [0.3, 0.4) is 0 Å². The lowest BCUT2D eigenvalue weighted by Crippen LogP contribution is -2.47. The van der Waals surface area contributed by atoms with Gasteiger partial charge in [-0.3, -0.25) is 9.78 Å². The van der Waals surface area contributed by atoms with Crippen LogP contribution in [0, 0.1) is 5.92 Å². The van der Waals surface area contributed by atoms with Crippen LogP contribution >= 0.6 is 0 Å². The average Bonchev–Trinajstić information content (AvgIpc) is 3.05. The maximum atomic E-state index is 12.8. The predicted octanol–water partition coefficient (Wildman–Crippen LogP) is 2.95. The molecule has 0 radical (unpaired) electrons. The monoisotopic (exact) mass is 365 g/mol. The topological polar surface area (TPSA) is 62.7 Å². The van der Waals surface area contributed by atoms with E-state index in [1.165, 1.54) is 0 Å². The van der Waals surface area contributed by atoms with Gasteiger partial charge < -0.3 is 14.5 Å². The van der Waals surface area contributed by atoms with Crippen molar-refractivity contribution in [2.45, 2.75) is 25.5 Å². The van der Waals surface area contributed by atoms with E-state index in [1.54, 1.807) is 18.3 Å². The largest absolute Gasteiger partial charge is 0.445 e. The lowest BCUT2D eigenvalue weighted by molar-refractivity contribution is 0.0609. The van der Waals surface area contributed by atoms with Gasteiger partial charge in [0, 0.05) is 25.8 Å². The number of piperidine rings is 1. The van der Waals surface area contributed by atoms with Crippen LogP contribution < -0.4 is 0 Å². The Hall–Kier alpha value is -2.89. The zero-order valence-electron chi connectivity index (χ0n) is 15.2. The normalized spacial score (nSPS) is 21.6. The number of hydrogen-bond donors (Lipinski definition) is 0. The van der Waals surface area contributed by atoms with Crippen LogP contribution in [0.25, 0.3) is 0 Å². The summed E-state index contributed by atoms with van der Waals surface area (Å²) in [6.45, 7) is 2.11. The second kappa shape index (κ2) is 7.78. The number of benzene rings is 1. The Balaban J connectivity index is 1.42. The average molecular weight is 365 g/mol. The van der Waals surface area contributed by atoms with E-state index in [9.17, 15) is 9.59 Å². The summed E-state index contributed by atoms with van der Waals surface area (Å²) >= 11 is 0. The fourth-order valence-corrected chi connectivity index (χ4v) is 3.92. The van der Waals surface area contributed by atoms with Gasteiger partial charge in [-0.05, 0) is 36.5 Å². The van der Waals surface area contributed by atoms with Crippen molar-refractivity contribution < 1.29 is 14.3 Å². The molecular weight excluding hydrogens is 342 g/mol. The van der Waals surface area contributed by atoms with E-state index < -0.39 is 0 Å². The minimum absolute atomic E-state index is 0.000291. The van der Waals surface area contributed by atoms with E-state index in [1.807, 2.05) is 46.2 Å². The number of aromatic nitrogens is 1. The quantitative estimate of drug-likeness (QED) is 0.839. The number of rotatable bonds is 3. The number of nitrogens with zero attached hydrogens (tertiary/aromatic N) is 3. The van der Waals surface area contributed by atoms with Gasteiger partial charge in [0.15, 0.2) is 0 Å². The summed E-state index contributed by atoms with van der Waals surface area (Å²) in [7, 11) is 0. The van der Waals surface area contributed by atoms with E-state index in [0.29, 0.717) is 25.3 Å². The number of fused-ring (bicyclic) bond motifs is 4. The van der Waals surface area contributed by atoms with Crippen LogP contribution in [0.2, 0.25) is 0 Å². The molecule has 3 aliphatic heterocycles. The molecule has 27 heavy (non-hydrogen) atoms. The SMILES string of the molecule is O=C(c1ccccn1)N1C[C@@H]2CC[C@H](C1)N(C(=O)OCc1ccccc1)C2. The lowest BCUT2D eigenvalue weighted by atomic mass is 9.95. The zero-order valence-corrected chi connectivity index (χ0v) is 15.2. The summed E-state index contributed by atoms with van der Waals surface area (Å²) in [5.74, 6) is 0.215. The van der Waals surface area contributed by atoms with Gasteiger partial charge in [0.05, 0.1) is 6.04 Å². The first-order chi connectivity index (χ1) is 13.2. The predicted molar refractivity (Wildman–Crippen MR) is 100.0 cm³/mol. The van der Waals surface area contributed by atoms with E-state index >= 15 is 0 Å². The number of carbonyl (C=O) groups excluding carboxylic acids is 2. The molecule has 1 aromatic heterocycles. The van der Waals surface area contributed by atoms with Gasteiger partial charge >= 0.3 is 6.09 Å². The van der Waals surface area contributed by atoms with E-state index in [0.717, 1.165) is 18.4 Å². The molecule has 140 valence electrons. The summed E-state index contributed by atoms with van der Waals surface area (Å²) in [6.07, 6.45) is 3.27. The van der Waals surface area contributed by atoms with Crippen molar-refractivity contribution in [1.29, 1.82) is 0 Å². The van der Waals surface area contributed by atoms with Gasteiger partial charge in [0.2, 0.25) is 0 Å². The maximum absolute atomic E-state index is 12.8. The summed E-state index contributed by atoms with van der Waals surface area (Å²) < 4.78 is 5.53. The zero-order chi connectivity index (χ0) is 18.6. The van der Waals surface area contributed by atoms with Gasteiger partial charge in [-0.25, -0.2) is 4.79 Å². The number of ether oxygens (including phenoxy) is 1. The third-order valence-electron chi connectivity index (χ3n) is 5.32. The number of carbonyl (C=O) groups is 2. The molecule has 0 saturated carbocycles. The summed E-state index contributed by atoms with van der Waals surface area (Å²) in [4.78, 5) is 33.3. The molecule has 2 atom stereocenters. The van der Waals surface area contributed by atoms with Crippen molar-refractivity contribution in [2.24, 2.45) is 5.92 Å². The molecule has 6 heteroatoms. The molecule has 6 nitrogen and oxygen atoms in total. The highest BCUT2D eigenvalue weighted by molar-refractivity contribution is 5.92. The highest BCUT2D eigenvalue weighted by atomic mass is 16.6. The number of pyridine rings is 1. The van der Waals surface area contributed by atoms with Crippen LogP contribution in [-0.4, -0.2) is 52.5 Å². The minimum atomic E-state index is -0.291. The fourth-order valence-electron chi connectivity index (χ4n) is 3.92. The van der Waals surface area contributed by atoms with Crippen LogP contribution in [0.5, 0.6) is 0 Å². The van der Waals surface area contributed by atoms with Crippen LogP contribution in [0.15, 0.2) is 54.7 Å². The molecule has 2 bridgehead atoms. The van der Waals surface area contributed by atoms with Gasteiger partial charge in [-0.15, -0.1) is 0 Å². The second-order valence-corrected chi connectivity index (χ2v) is 7.21. The Morgan fingerprint density at radius 3 is 2.59 bits per heavy atom. The Morgan fingerprint density at radius 2 is 1.81 bits per heavy atom. The molecule has 3 saturated heterocycles. The molecule has 0 spiro atoms. The van der Waals surface area contributed by atoms with Crippen LogP contribution in [-0.2, 0) is 11.3 Å². The Kier molecular flexibility index (Phi) is 5.05. The Bertz CT molecular complexity index is 797. The molecule has 0 aliphatic carbocycles. The van der Waals surface area contributed by atoms with E-state index in [2.05, 4.69) is 4.98 Å². The third-order valence-corrected chi connectivity index (χ3v) is 5.32. The molecule has 0 N–H and O–H groups in total. The minimum Gasteiger partial charge on any atom is -0.445 e. The first-order valence-electron chi connectivity index (χ1n) is 9.38. The van der Waals surface area contributed by atoms with E-state index in [-0.39, 0.29) is 30.6 Å². The second-order valence-electron chi connectivity index (χ2n) is 7.21. The molecule has 1 aromatic carbocycles. The maximum Gasteiger partial charge on any atom is 0.410 e. The van der Waals surface area contributed by atoms with Crippen molar-refractivity contribution in [3.8, 4) is 0 Å². The molecular formula is C21H23N3O3. The summed E-state index contributed by atoms with van der Waals surface area (Å²) in [5.41, 5.74) is 1.43. The third kappa shape index (κ3) is 3.94. The van der Waals surface area contributed by atoms with Crippen molar-refractivity contribution >= 4 is 12.0 Å². The molecule has 2 aromatic rings. The molecule has 3 aliphatic rings. The highest BCUT2D eigenvalue weighted by Gasteiger charge is 2.39. The van der Waals surface area contributed by atoms with Gasteiger partial charge in [-0.2, -0.15) is 0 Å². The number of hydrogen-bond acceptors (Lipinski definition) is 4. The molecule has 0 unspecified atom stereocenters. The standard InChI is InChI=1S/C21H23N3O3/c25-20(19-8-4-5-11-22-19)23-12-17-9-10-18(14-23)24(13-17)21(26)27-15-16-6-2-1-3-7-16/h1-8,11,17-18H,9-10,12-15H2/t17-,18+/m0/s1. The Morgan fingerprint density at radius 1 is 1.00 bits per heavy atom. The molecule has 5 rings (SSSR count). The first-order valence-corrected chi connectivity index (χ1v) is 9.38. The number of amides is 2. The van der Waals surface area contributed by atoms with Crippen molar-refractivity contribution in [1.82, 2.24) is 14.8 Å². The first kappa shape index (κ1) is 17.5. The van der Waals surface area contributed by atoms with Crippen LogP contribution in [0.4, 0.5) is 4.79 Å². The van der Waals surface area contributed by atoms with Crippen molar-refractivity contribution in [3.63, 3.8) is 0 Å².